The van der Waals surface area contributed by atoms with Crippen molar-refractivity contribution in [2.45, 2.75) is 51.4 Å². The molecule has 0 amide bonds. The summed E-state index contributed by atoms with van der Waals surface area (Å²) >= 11 is 0. The van der Waals surface area contributed by atoms with Gasteiger partial charge in [-0.25, -0.2) is 4.98 Å². The molecule has 21 heavy (non-hydrogen) atoms. The number of rotatable bonds is 4. The molecule has 2 N–H and O–H groups in total. The minimum atomic E-state index is 0.381. The first-order chi connectivity index (χ1) is 10.3. The van der Waals surface area contributed by atoms with Gasteiger partial charge in [-0.1, -0.05) is 0 Å². The number of aromatic nitrogens is 2. The van der Waals surface area contributed by atoms with Crippen LogP contribution in [0.2, 0.25) is 0 Å². The maximum absolute atomic E-state index is 9.26. The van der Waals surface area contributed by atoms with Gasteiger partial charge < -0.3 is 10.1 Å². The largest absolute Gasteiger partial charge is 0.396 e. The molecule has 1 spiro atoms. The minimum absolute atomic E-state index is 0.381. The highest BCUT2D eigenvalue weighted by Gasteiger charge is 2.38. The second-order valence-electron chi connectivity index (χ2n) is 6.91. The molecular formula is C16H26N4O. The van der Waals surface area contributed by atoms with Crippen LogP contribution in [0.5, 0.6) is 0 Å². The van der Waals surface area contributed by atoms with Crippen molar-refractivity contribution >= 4 is 5.95 Å². The quantitative estimate of drug-likeness (QED) is 0.826. The summed E-state index contributed by atoms with van der Waals surface area (Å²) < 4.78 is 0. The first kappa shape index (κ1) is 14.7. The summed E-state index contributed by atoms with van der Waals surface area (Å²) in [5, 5.41) is 17.7. The lowest BCUT2D eigenvalue weighted by atomic mass is 9.61. The average Bonchev–Trinajstić information content (AvgIpc) is 3.04. The summed E-state index contributed by atoms with van der Waals surface area (Å²) in [7, 11) is 0. The lowest BCUT2D eigenvalue weighted by molar-refractivity contribution is 0.0592. The van der Waals surface area contributed by atoms with Crippen LogP contribution in [0.4, 0.5) is 5.95 Å². The third kappa shape index (κ3) is 3.70. The summed E-state index contributed by atoms with van der Waals surface area (Å²) in [5.41, 5.74) is 0.584. The van der Waals surface area contributed by atoms with Gasteiger partial charge in [0, 0.05) is 19.0 Å². The molecular weight excluding hydrogens is 264 g/mol. The van der Waals surface area contributed by atoms with Crippen LogP contribution in [-0.4, -0.2) is 28.2 Å². The lowest BCUT2D eigenvalue weighted by Gasteiger charge is -2.44. The summed E-state index contributed by atoms with van der Waals surface area (Å²) in [6.07, 6.45) is 13.8. The van der Waals surface area contributed by atoms with E-state index in [0.29, 0.717) is 29.8 Å². The Balaban J connectivity index is 1.43. The van der Waals surface area contributed by atoms with E-state index in [0.717, 1.165) is 6.54 Å². The molecule has 0 radical (unpaired) electrons. The topological polar surface area (TPSA) is 73.6 Å². The van der Waals surface area contributed by atoms with Gasteiger partial charge in [-0.15, -0.1) is 5.11 Å². The molecule has 0 aromatic carbocycles. The van der Waals surface area contributed by atoms with Crippen LogP contribution >= 0.6 is 0 Å². The van der Waals surface area contributed by atoms with Crippen molar-refractivity contribution in [2.75, 3.05) is 13.2 Å². The van der Waals surface area contributed by atoms with Crippen molar-refractivity contribution in [3.05, 3.63) is 12.4 Å². The Morgan fingerprint density at radius 1 is 1.14 bits per heavy atom. The molecule has 3 rings (SSSR count). The third-order valence-corrected chi connectivity index (χ3v) is 5.58. The summed E-state index contributed by atoms with van der Waals surface area (Å²) in [6.45, 7) is 1.21. The second kappa shape index (κ2) is 6.69. The predicted molar refractivity (Wildman–Crippen MR) is 81.4 cm³/mol. The summed E-state index contributed by atoms with van der Waals surface area (Å²) in [4.78, 5) is 6.99. The number of aromatic amines is 1. The van der Waals surface area contributed by atoms with Gasteiger partial charge in [-0.2, -0.15) is 5.11 Å². The second-order valence-corrected chi connectivity index (χ2v) is 6.91. The van der Waals surface area contributed by atoms with Crippen LogP contribution in [-0.2, 0) is 0 Å². The number of azo groups is 1. The third-order valence-electron chi connectivity index (χ3n) is 5.58. The zero-order chi connectivity index (χ0) is 14.5. The highest BCUT2D eigenvalue weighted by Crippen LogP contribution is 2.50. The average molecular weight is 290 g/mol. The number of H-pyrrole nitrogens is 1. The van der Waals surface area contributed by atoms with Crippen LogP contribution in [0.15, 0.2) is 22.6 Å². The van der Waals surface area contributed by atoms with E-state index in [-0.39, 0.29) is 0 Å². The molecule has 0 aliphatic heterocycles. The number of nitrogens with zero attached hydrogens (tertiary/aromatic N) is 3. The fourth-order valence-electron chi connectivity index (χ4n) is 3.98. The standard InChI is InChI=1S/C16H26N4O/c21-12-14-3-7-16(8-4-14)5-1-13(2-6-16)11-19-20-15-17-9-10-18-15/h9-10,13-14,21H,1-8,11-12H2,(H,17,18). The van der Waals surface area contributed by atoms with E-state index in [9.17, 15) is 5.11 Å². The fourth-order valence-corrected chi connectivity index (χ4v) is 3.98. The van der Waals surface area contributed by atoms with E-state index >= 15 is 0 Å². The van der Waals surface area contributed by atoms with Crippen molar-refractivity contribution in [3.8, 4) is 0 Å². The van der Waals surface area contributed by atoms with Crippen molar-refractivity contribution in [1.82, 2.24) is 9.97 Å². The Labute approximate surface area is 126 Å². The van der Waals surface area contributed by atoms with E-state index in [4.69, 9.17) is 0 Å². The normalized spacial score (nSPS) is 33.8. The minimum Gasteiger partial charge on any atom is -0.396 e. The van der Waals surface area contributed by atoms with Crippen molar-refractivity contribution < 1.29 is 5.11 Å². The Kier molecular flexibility index (Phi) is 4.68. The number of aliphatic hydroxyl groups excluding tert-OH is 1. The maximum atomic E-state index is 9.26. The van der Waals surface area contributed by atoms with Crippen LogP contribution in [0, 0.1) is 17.3 Å². The molecule has 5 heteroatoms. The smallest absolute Gasteiger partial charge is 0.246 e. The highest BCUT2D eigenvalue weighted by atomic mass is 16.3. The molecule has 5 nitrogen and oxygen atoms in total. The van der Waals surface area contributed by atoms with Gasteiger partial charge in [0.25, 0.3) is 0 Å². The highest BCUT2D eigenvalue weighted by molar-refractivity contribution is 5.10. The first-order valence-electron chi connectivity index (χ1n) is 8.27. The molecule has 0 bridgehead atoms. The van der Waals surface area contributed by atoms with E-state index in [1.54, 1.807) is 12.4 Å². The molecule has 0 saturated heterocycles. The molecule has 2 aliphatic rings. The van der Waals surface area contributed by atoms with Crippen molar-refractivity contribution in [1.29, 1.82) is 0 Å². The van der Waals surface area contributed by atoms with E-state index in [1.165, 1.54) is 51.4 Å². The molecule has 2 saturated carbocycles. The van der Waals surface area contributed by atoms with Crippen LogP contribution in [0.3, 0.4) is 0 Å². The molecule has 2 aliphatic carbocycles. The maximum Gasteiger partial charge on any atom is 0.246 e. The Hall–Kier alpha value is -1.23. The van der Waals surface area contributed by atoms with Crippen LogP contribution < -0.4 is 0 Å². The Bertz CT molecular complexity index is 439. The van der Waals surface area contributed by atoms with Crippen molar-refractivity contribution in [2.24, 2.45) is 27.5 Å². The molecule has 2 fully saturated rings. The van der Waals surface area contributed by atoms with Gasteiger partial charge in [0.05, 0.1) is 6.54 Å². The van der Waals surface area contributed by atoms with Crippen LogP contribution in [0.25, 0.3) is 0 Å². The molecule has 1 heterocycles. The number of imidazole rings is 1. The van der Waals surface area contributed by atoms with Crippen molar-refractivity contribution in [3.63, 3.8) is 0 Å². The number of hydrogen-bond donors (Lipinski definition) is 2. The number of hydrogen-bond acceptors (Lipinski definition) is 4. The number of nitrogens with one attached hydrogen (secondary N) is 1. The molecule has 1 aromatic heterocycles. The zero-order valence-corrected chi connectivity index (χ0v) is 12.7. The lowest BCUT2D eigenvalue weighted by Crippen LogP contribution is -2.33. The SMILES string of the molecule is OCC1CCC2(CC1)CCC(CN=Nc1ncc[nH]1)CC2. The predicted octanol–water partition coefficient (Wildman–Crippen LogP) is 3.85. The van der Waals surface area contributed by atoms with Crippen LogP contribution in [0.1, 0.15) is 51.4 Å². The van der Waals surface area contributed by atoms with E-state index in [1.807, 2.05) is 0 Å². The Morgan fingerprint density at radius 2 is 1.81 bits per heavy atom. The first-order valence-corrected chi connectivity index (χ1v) is 8.27. The van der Waals surface area contributed by atoms with E-state index < -0.39 is 0 Å². The fraction of sp³-hybridized carbons (Fsp3) is 0.812. The molecule has 0 atom stereocenters. The molecule has 0 unspecified atom stereocenters. The number of aliphatic hydroxyl groups is 1. The van der Waals surface area contributed by atoms with Gasteiger partial charge in [0.2, 0.25) is 5.95 Å². The monoisotopic (exact) mass is 290 g/mol. The van der Waals surface area contributed by atoms with Gasteiger partial charge >= 0.3 is 0 Å². The summed E-state index contributed by atoms with van der Waals surface area (Å²) in [5.74, 6) is 1.85. The summed E-state index contributed by atoms with van der Waals surface area (Å²) in [6, 6.07) is 0. The molecule has 116 valence electrons. The van der Waals surface area contributed by atoms with Gasteiger partial charge in [-0.05, 0) is 68.6 Å². The van der Waals surface area contributed by atoms with Gasteiger partial charge in [-0.3, -0.25) is 0 Å². The Morgan fingerprint density at radius 3 is 2.38 bits per heavy atom. The van der Waals surface area contributed by atoms with Gasteiger partial charge in [0.1, 0.15) is 0 Å². The van der Waals surface area contributed by atoms with Gasteiger partial charge in [0.15, 0.2) is 0 Å². The van der Waals surface area contributed by atoms with E-state index in [2.05, 4.69) is 20.2 Å². The molecule has 1 aromatic rings. The zero-order valence-electron chi connectivity index (χ0n) is 12.7.